The fourth-order valence-electron chi connectivity index (χ4n) is 2.37. The van der Waals surface area contributed by atoms with Crippen LogP contribution in [0.2, 0.25) is 0 Å². The molecule has 1 N–H and O–H groups in total. The molecule has 23 heavy (non-hydrogen) atoms. The van der Waals surface area contributed by atoms with Crippen LogP contribution in [0.15, 0.2) is 24.3 Å². The average molecular weight is 312 g/mol. The summed E-state index contributed by atoms with van der Waals surface area (Å²) < 4.78 is 6.98. The summed E-state index contributed by atoms with van der Waals surface area (Å²) in [6.07, 6.45) is 1.57. The Morgan fingerprint density at radius 1 is 1.39 bits per heavy atom. The van der Waals surface area contributed by atoms with Crippen LogP contribution in [0.1, 0.15) is 42.0 Å². The van der Waals surface area contributed by atoms with Gasteiger partial charge >= 0.3 is 0 Å². The number of rotatable bonds is 6. The second-order valence-corrected chi connectivity index (χ2v) is 5.04. The maximum absolute atomic E-state index is 12.6. The Kier molecular flexibility index (Phi) is 5.36. The van der Waals surface area contributed by atoms with Gasteiger partial charge in [0.15, 0.2) is 5.69 Å². The molecule has 1 aromatic heterocycles. The third-order valence-electron chi connectivity index (χ3n) is 3.38. The highest BCUT2D eigenvalue weighted by Crippen LogP contribution is 2.24. The molecule has 0 aliphatic heterocycles. The van der Waals surface area contributed by atoms with E-state index < -0.39 is 0 Å². The minimum Gasteiger partial charge on any atom is -0.493 e. The van der Waals surface area contributed by atoms with Gasteiger partial charge in [0.2, 0.25) is 0 Å². The van der Waals surface area contributed by atoms with Gasteiger partial charge in [-0.3, -0.25) is 9.48 Å². The smallest absolute Gasteiger partial charge is 0.259 e. The highest BCUT2D eigenvalue weighted by atomic mass is 16.5. The van der Waals surface area contributed by atoms with Crippen molar-refractivity contribution in [1.29, 1.82) is 5.26 Å². The van der Waals surface area contributed by atoms with Crippen molar-refractivity contribution in [2.24, 2.45) is 7.05 Å². The van der Waals surface area contributed by atoms with Crippen molar-refractivity contribution in [2.45, 2.75) is 26.7 Å². The second kappa shape index (κ2) is 7.45. The quantitative estimate of drug-likeness (QED) is 0.889. The van der Waals surface area contributed by atoms with Crippen molar-refractivity contribution in [3.05, 3.63) is 41.2 Å². The fourth-order valence-corrected chi connectivity index (χ4v) is 2.37. The molecule has 0 saturated carbocycles. The standard InChI is InChI=1S/C17H20N4O2/c1-4-8-13-16(14(11-18)21(3)20-13)19-17(22)12-9-6-7-10-15(12)23-5-2/h6-7,9-10H,4-5,8H2,1-3H3,(H,19,22). The van der Waals surface area contributed by atoms with Crippen LogP contribution in [0.4, 0.5) is 5.69 Å². The number of ether oxygens (including phenoxy) is 1. The first-order chi connectivity index (χ1) is 11.1. The number of para-hydroxylation sites is 1. The summed E-state index contributed by atoms with van der Waals surface area (Å²) in [5.41, 5.74) is 1.97. The summed E-state index contributed by atoms with van der Waals surface area (Å²) in [6.45, 7) is 4.36. The Hall–Kier alpha value is -2.81. The zero-order chi connectivity index (χ0) is 16.8. The van der Waals surface area contributed by atoms with Gasteiger partial charge in [-0.1, -0.05) is 25.5 Å². The first kappa shape index (κ1) is 16.6. The van der Waals surface area contributed by atoms with Crippen molar-refractivity contribution in [3.8, 4) is 11.8 Å². The molecule has 0 bridgehead atoms. The number of hydrogen-bond acceptors (Lipinski definition) is 4. The van der Waals surface area contributed by atoms with E-state index in [2.05, 4.69) is 16.5 Å². The molecule has 0 aliphatic carbocycles. The summed E-state index contributed by atoms with van der Waals surface area (Å²) in [7, 11) is 1.70. The number of carbonyl (C=O) groups excluding carboxylic acids is 1. The molecule has 0 fully saturated rings. The van der Waals surface area contributed by atoms with Gasteiger partial charge in [0, 0.05) is 7.05 Å². The van der Waals surface area contributed by atoms with Gasteiger partial charge in [0.25, 0.3) is 5.91 Å². The first-order valence-corrected chi connectivity index (χ1v) is 7.61. The van der Waals surface area contributed by atoms with E-state index in [0.717, 1.165) is 6.42 Å². The van der Waals surface area contributed by atoms with Gasteiger partial charge < -0.3 is 10.1 Å². The van der Waals surface area contributed by atoms with Gasteiger partial charge in [-0.15, -0.1) is 0 Å². The summed E-state index contributed by atoms with van der Waals surface area (Å²) in [4.78, 5) is 12.6. The number of nitriles is 1. The lowest BCUT2D eigenvalue weighted by atomic mass is 10.1. The molecule has 1 heterocycles. The van der Waals surface area contributed by atoms with E-state index in [1.165, 1.54) is 4.68 Å². The van der Waals surface area contributed by atoms with E-state index in [9.17, 15) is 10.1 Å². The minimum absolute atomic E-state index is 0.309. The Labute approximate surface area is 135 Å². The lowest BCUT2D eigenvalue weighted by molar-refractivity contribution is 0.102. The second-order valence-electron chi connectivity index (χ2n) is 5.04. The predicted octanol–water partition coefficient (Wildman–Crippen LogP) is 2.90. The highest BCUT2D eigenvalue weighted by Gasteiger charge is 2.20. The number of aromatic nitrogens is 2. The summed E-state index contributed by atoms with van der Waals surface area (Å²) >= 11 is 0. The molecular formula is C17H20N4O2. The van der Waals surface area contributed by atoms with E-state index in [-0.39, 0.29) is 5.91 Å². The predicted molar refractivity (Wildman–Crippen MR) is 87.5 cm³/mol. The van der Waals surface area contributed by atoms with Crippen LogP contribution >= 0.6 is 0 Å². The maximum Gasteiger partial charge on any atom is 0.259 e. The third-order valence-corrected chi connectivity index (χ3v) is 3.38. The molecule has 0 aliphatic rings. The van der Waals surface area contributed by atoms with Crippen molar-refractivity contribution >= 4 is 11.6 Å². The Morgan fingerprint density at radius 2 is 2.13 bits per heavy atom. The first-order valence-electron chi connectivity index (χ1n) is 7.61. The van der Waals surface area contributed by atoms with Crippen LogP contribution in [0, 0.1) is 11.3 Å². The molecule has 2 rings (SSSR count). The molecule has 0 radical (unpaired) electrons. The average Bonchev–Trinajstić information content (AvgIpc) is 2.83. The molecule has 0 atom stereocenters. The molecule has 1 amide bonds. The van der Waals surface area contributed by atoms with Gasteiger partial charge in [-0.05, 0) is 25.5 Å². The van der Waals surface area contributed by atoms with E-state index in [4.69, 9.17) is 4.74 Å². The molecule has 0 saturated heterocycles. The van der Waals surface area contributed by atoms with E-state index in [0.29, 0.717) is 41.4 Å². The van der Waals surface area contributed by atoms with Crippen molar-refractivity contribution in [1.82, 2.24) is 9.78 Å². The van der Waals surface area contributed by atoms with E-state index >= 15 is 0 Å². The van der Waals surface area contributed by atoms with Crippen molar-refractivity contribution < 1.29 is 9.53 Å². The van der Waals surface area contributed by atoms with Gasteiger partial charge in [0.1, 0.15) is 17.5 Å². The molecule has 1 aromatic carbocycles. The number of hydrogen-bond donors (Lipinski definition) is 1. The molecule has 0 spiro atoms. The summed E-state index contributed by atoms with van der Waals surface area (Å²) in [6, 6.07) is 9.13. The molecule has 0 unspecified atom stereocenters. The fraction of sp³-hybridized carbons (Fsp3) is 0.353. The number of nitrogens with zero attached hydrogens (tertiary/aromatic N) is 3. The zero-order valence-electron chi connectivity index (χ0n) is 13.6. The summed E-state index contributed by atoms with van der Waals surface area (Å²) in [5, 5.41) is 16.5. The number of benzene rings is 1. The maximum atomic E-state index is 12.6. The largest absolute Gasteiger partial charge is 0.493 e. The zero-order valence-corrected chi connectivity index (χ0v) is 13.6. The van der Waals surface area contributed by atoms with Crippen LogP contribution < -0.4 is 10.1 Å². The number of nitrogens with one attached hydrogen (secondary N) is 1. The number of carbonyl (C=O) groups is 1. The van der Waals surface area contributed by atoms with Gasteiger partial charge in [-0.2, -0.15) is 10.4 Å². The molecular weight excluding hydrogens is 292 g/mol. The normalized spacial score (nSPS) is 10.2. The van der Waals surface area contributed by atoms with Crippen molar-refractivity contribution in [3.63, 3.8) is 0 Å². The molecule has 2 aromatic rings. The lowest BCUT2D eigenvalue weighted by Crippen LogP contribution is -2.15. The number of aryl methyl sites for hydroxylation is 2. The minimum atomic E-state index is -0.309. The lowest BCUT2D eigenvalue weighted by Gasteiger charge is -2.10. The van der Waals surface area contributed by atoms with Crippen LogP contribution in [-0.2, 0) is 13.5 Å². The highest BCUT2D eigenvalue weighted by molar-refractivity contribution is 6.07. The number of anilines is 1. The van der Waals surface area contributed by atoms with E-state index in [1.807, 2.05) is 19.9 Å². The third kappa shape index (κ3) is 3.51. The Balaban J connectivity index is 2.36. The Morgan fingerprint density at radius 3 is 2.78 bits per heavy atom. The van der Waals surface area contributed by atoms with Gasteiger partial charge in [0.05, 0.1) is 17.9 Å². The monoisotopic (exact) mass is 312 g/mol. The van der Waals surface area contributed by atoms with Gasteiger partial charge in [-0.25, -0.2) is 0 Å². The Bertz CT molecular complexity index is 744. The van der Waals surface area contributed by atoms with Crippen molar-refractivity contribution in [2.75, 3.05) is 11.9 Å². The SMILES string of the molecule is CCCc1nn(C)c(C#N)c1NC(=O)c1ccccc1OCC. The van der Waals surface area contributed by atoms with E-state index in [1.54, 1.807) is 25.2 Å². The molecule has 120 valence electrons. The topological polar surface area (TPSA) is 79.9 Å². The van der Waals surface area contributed by atoms with Crippen LogP contribution in [-0.4, -0.2) is 22.3 Å². The summed E-state index contributed by atoms with van der Waals surface area (Å²) in [5.74, 6) is 0.211. The van der Waals surface area contributed by atoms with Crippen LogP contribution in [0.5, 0.6) is 5.75 Å². The van der Waals surface area contributed by atoms with Crippen LogP contribution in [0.25, 0.3) is 0 Å². The molecule has 6 heteroatoms. The van der Waals surface area contributed by atoms with Crippen LogP contribution in [0.3, 0.4) is 0 Å². The molecule has 6 nitrogen and oxygen atoms in total. The number of amides is 1.